The van der Waals surface area contributed by atoms with E-state index in [2.05, 4.69) is 27.8 Å². The number of hydrogen-bond acceptors (Lipinski definition) is 2. The molecular formula is C11H12BrNO2. The SMILES string of the molecule is C=C(Br)CNC(=O)OCc1ccccc1. The Hall–Kier alpha value is -1.29. The largest absolute Gasteiger partial charge is 0.445 e. The number of amides is 1. The second-order valence-electron chi connectivity index (χ2n) is 2.93. The molecule has 0 bridgehead atoms. The molecule has 0 spiro atoms. The van der Waals surface area contributed by atoms with Crippen molar-refractivity contribution in [2.24, 2.45) is 0 Å². The van der Waals surface area contributed by atoms with Gasteiger partial charge in [0.05, 0.1) is 6.54 Å². The lowest BCUT2D eigenvalue weighted by molar-refractivity contribution is 0.140. The van der Waals surface area contributed by atoms with Crippen LogP contribution in [0.25, 0.3) is 0 Å². The monoisotopic (exact) mass is 269 g/mol. The Morgan fingerprint density at radius 2 is 2.07 bits per heavy atom. The zero-order chi connectivity index (χ0) is 11.1. The predicted molar refractivity (Wildman–Crippen MR) is 62.7 cm³/mol. The summed E-state index contributed by atoms with van der Waals surface area (Å²) in [5.74, 6) is 0. The van der Waals surface area contributed by atoms with E-state index in [4.69, 9.17) is 4.74 Å². The minimum absolute atomic E-state index is 0.279. The fourth-order valence-electron chi connectivity index (χ4n) is 0.942. The maximum Gasteiger partial charge on any atom is 0.407 e. The number of carbonyl (C=O) groups is 1. The summed E-state index contributed by atoms with van der Waals surface area (Å²) in [6.45, 7) is 4.24. The minimum atomic E-state index is -0.445. The number of rotatable bonds is 4. The normalized spacial score (nSPS) is 9.40. The summed E-state index contributed by atoms with van der Waals surface area (Å²) in [7, 11) is 0. The van der Waals surface area contributed by atoms with Crippen molar-refractivity contribution < 1.29 is 9.53 Å². The van der Waals surface area contributed by atoms with E-state index in [1.807, 2.05) is 30.3 Å². The lowest BCUT2D eigenvalue weighted by Crippen LogP contribution is -2.25. The molecule has 1 N–H and O–H groups in total. The molecule has 3 nitrogen and oxygen atoms in total. The van der Waals surface area contributed by atoms with Crippen molar-refractivity contribution in [1.82, 2.24) is 5.32 Å². The van der Waals surface area contributed by atoms with Crippen molar-refractivity contribution in [3.8, 4) is 0 Å². The van der Waals surface area contributed by atoms with Gasteiger partial charge in [-0.15, -0.1) is 0 Å². The summed E-state index contributed by atoms with van der Waals surface area (Å²) >= 11 is 3.13. The van der Waals surface area contributed by atoms with E-state index in [1.165, 1.54) is 0 Å². The Morgan fingerprint density at radius 3 is 2.67 bits per heavy atom. The van der Waals surface area contributed by atoms with Gasteiger partial charge in [0.25, 0.3) is 0 Å². The molecule has 0 aromatic heterocycles. The Morgan fingerprint density at radius 1 is 1.40 bits per heavy atom. The summed E-state index contributed by atoms with van der Waals surface area (Å²) in [6.07, 6.45) is -0.445. The highest BCUT2D eigenvalue weighted by atomic mass is 79.9. The third-order valence-electron chi connectivity index (χ3n) is 1.64. The average molecular weight is 270 g/mol. The van der Waals surface area contributed by atoms with E-state index in [-0.39, 0.29) is 6.61 Å². The van der Waals surface area contributed by atoms with Crippen LogP contribution in [0.1, 0.15) is 5.56 Å². The summed E-state index contributed by atoms with van der Waals surface area (Å²) in [5.41, 5.74) is 0.963. The Labute approximate surface area is 97.3 Å². The third kappa shape index (κ3) is 5.22. The molecule has 0 aliphatic rings. The van der Waals surface area contributed by atoms with Gasteiger partial charge in [-0.2, -0.15) is 0 Å². The molecule has 1 aromatic rings. The molecule has 0 saturated heterocycles. The Kier molecular flexibility index (Phi) is 4.90. The zero-order valence-electron chi connectivity index (χ0n) is 8.20. The molecule has 4 heteroatoms. The number of halogens is 1. The van der Waals surface area contributed by atoms with E-state index >= 15 is 0 Å². The van der Waals surface area contributed by atoms with Gasteiger partial charge >= 0.3 is 6.09 Å². The molecule has 0 aliphatic heterocycles. The predicted octanol–water partition coefficient (Wildman–Crippen LogP) is 2.82. The smallest absolute Gasteiger partial charge is 0.407 e. The second kappa shape index (κ2) is 6.24. The highest BCUT2D eigenvalue weighted by Gasteiger charge is 2.01. The van der Waals surface area contributed by atoms with Gasteiger partial charge in [0.15, 0.2) is 0 Å². The molecule has 0 aliphatic carbocycles. The average Bonchev–Trinajstić information content (AvgIpc) is 2.25. The maximum absolute atomic E-state index is 11.1. The number of nitrogens with one attached hydrogen (secondary N) is 1. The van der Waals surface area contributed by atoms with Gasteiger partial charge in [-0.25, -0.2) is 4.79 Å². The fourth-order valence-corrected chi connectivity index (χ4v) is 1.08. The molecule has 0 atom stereocenters. The summed E-state index contributed by atoms with van der Waals surface area (Å²) in [5, 5.41) is 2.54. The zero-order valence-corrected chi connectivity index (χ0v) is 9.79. The van der Waals surface area contributed by atoms with Gasteiger partial charge in [-0.05, 0) is 5.56 Å². The van der Waals surface area contributed by atoms with Crippen LogP contribution >= 0.6 is 15.9 Å². The number of hydrogen-bond donors (Lipinski definition) is 1. The van der Waals surface area contributed by atoms with Crippen molar-refractivity contribution in [2.75, 3.05) is 6.54 Å². The topological polar surface area (TPSA) is 38.3 Å². The maximum atomic E-state index is 11.1. The van der Waals surface area contributed by atoms with Gasteiger partial charge in [0.1, 0.15) is 6.61 Å². The van der Waals surface area contributed by atoms with Crippen LogP contribution < -0.4 is 5.32 Å². The molecule has 0 fully saturated rings. The molecule has 1 aromatic carbocycles. The number of benzene rings is 1. The number of ether oxygens (including phenoxy) is 1. The van der Waals surface area contributed by atoms with Crippen molar-refractivity contribution in [1.29, 1.82) is 0 Å². The standard InChI is InChI=1S/C11H12BrNO2/c1-9(12)7-13-11(14)15-8-10-5-3-2-4-6-10/h2-6H,1,7-8H2,(H,13,14). The van der Waals surface area contributed by atoms with Crippen LogP contribution in [-0.2, 0) is 11.3 Å². The van der Waals surface area contributed by atoms with Crippen LogP contribution in [0.5, 0.6) is 0 Å². The van der Waals surface area contributed by atoms with Crippen molar-refractivity contribution in [3.63, 3.8) is 0 Å². The Bertz CT molecular complexity index is 338. The first-order valence-corrected chi connectivity index (χ1v) is 5.25. The van der Waals surface area contributed by atoms with Gasteiger partial charge in [-0.1, -0.05) is 52.8 Å². The van der Waals surface area contributed by atoms with Gasteiger partial charge in [0, 0.05) is 4.48 Å². The molecule has 0 radical (unpaired) electrons. The first kappa shape index (κ1) is 11.8. The lowest BCUT2D eigenvalue weighted by Gasteiger charge is -2.05. The van der Waals surface area contributed by atoms with Gasteiger partial charge in [0.2, 0.25) is 0 Å². The quantitative estimate of drug-likeness (QED) is 0.913. The van der Waals surface area contributed by atoms with Crippen LogP contribution in [0.3, 0.4) is 0 Å². The molecule has 0 unspecified atom stereocenters. The van der Waals surface area contributed by atoms with E-state index < -0.39 is 6.09 Å². The van der Waals surface area contributed by atoms with Crippen LogP contribution in [-0.4, -0.2) is 12.6 Å². The lowest BCUT2D eigenvalue weighted by atomic mass is 10.2. The fraction of sp³-hybridized carbons (Fsp3) is 0.182. The minimum Gasteiger partial charge on any atom is -0.445 e. The van der Waals surface area contributed by atoms with Crippen molar-refractivity contribution in [3.05, 3.63) is 47.0 Å². The van der Waals surface area contributed by atoms with Gasteiger partial charge in [-0.3, -0.25) is 0 Å². The molecule has 80 valence electrons. The summed E-state index contributed by atoms with van der Waals surface area (Å²) < 4.78 is 5.67. The van der Waals surface area contributed by atoms with E-state index in [9.17, 15) is 4.79 Å². The summed E-state index contributed by atoms with van der Waals surface area (Å²) in [6, 6.07) is 9.51. The highest BCUT2D eigenvalue weighted by molar-refractivity contribution is 9.11. The third-order valence-corrected chi connectivity index (χ3v) is 1.92. The first-order chi connectivity index (χ1) is 7.18. The van der Waals surface area contributed by atoms with Crippen LogP contribution in [0.15, 0.2) is 41.4 Å². The van der Waals surface area contributed by atoms with Crippen LogP contribution in [0, 0.1) is 0 Å². The van der Waals surface area contributed by atoms with Crippen LogP contribution in [0.4, 0.5) is 4.79 Å². The summed E-state index contributed by atoms with van der Waals surface area (Å²) in [4.78, 5) is 11.1. The molecule has 1 rings (SSSR count). The Balaban J connectivity index is 2.26. The number of alkyl carbamates (subject to hydrolysis) is 1. The van der Waals surface area contributed by atoms with E-state index in [0.717, 1.165) is 5.56 Å². The highest BCUT2D eigenvalue weighted by Crippen LogP contribution is 2.01. The molecule has 15 heavy (non-hydrogen) atoms. The number of carbonyl (C=O) groups excluding carboxylic acids is 1. The molecular weight excluding hydrogens is 258 g/mol. The van der Waals surface area contributed by atoms with Crippen molar-refractivity contribution in [2.45, 2.75) is 6.61 Å². The second-order valence-corrected chi connectivity index (χ2v) is 4.05. The molecule has 0 heterocycles. The van der Waals surface area contributed by atoms with Gasteiger partial charge < -0.3 is 10.1 Å². The molecule has 0 saturated carbocycles. The molecule has 1 amide bonds. The van der Waals surface area contributed by atoms with E-state index in [1.54, 1.807) is 0 Å². The van der Waals surface area contributed by atoms with E-state index in [0.29, 0.717) is 11.0 Å². The van der Waals surface area contributed by atoms with Crippen molar-refractivity contribution >= 4 is 22.0 Å². The first-order valence-electron chi connectivity index (χ1n) is 4.46. The van der Waals surface area contributed by atoms with Crippen LogP contribution in [0.2, 0.25) is 0 Å².